The third kappa shape index (κ3) is 4.58. The largest absolute Gasteiger partial charge is 0.497 e. The molecule has 7 nitrogen and oxygen atoms in total. The van der Waals surface area contributed by atoms with Gasteiger partial charge in [-0.05, 0) is 49.5 Å². The number of methoxy groups -OCH3 is 1. The summed E-state index contributed by atoms with van der Waals surface area (Å²) in [7, 11) is -0.241. The maximum Gasteiger partial charge on any atom is 0.261 e. The lowest BCUT2D eigenvalue weighted by atomic mass is 10.2. The van der Waals surface area contributed by atoms with Crippen molar-refractivity contribution in [3.8, 4) is 5.75 Å². The molecule has 8 heteroatoms. The molecule has 3 rings (SSSR count). The fraction of sp³-hybridized carbons (Fsp3) is 0.316. The molecule has 1 aliphatic rings. The first-order chi connectivity index (χ1) is 12.9. The molecule has 1 N–H and O–H groups in total. The first kappa shape index (κ1) is 19.2. The second kappa shape index (κ2) is 7.98. The van der Waals surface area contributed by atoms with E-state index >= 15 is 0 Å². The maximum absolute atomic E-state index is 12.7. The second-order valence-corrected chi connectivity index (χ2v) is 8.14. The van der Waals surface area contributed by atoms with Gasteiger partial charge in [-0.2, -0.15) is 0 Å². The summed E-state index contributed by atoms with van der Waals surface area (Å²) < 4.78 is 32.9. The fourth-order valence-corrected chi connectivity index (χ4v) is 3.97. The highest BCUT2D eigenvalue weighted by atomic mass is 32.2. The third-order valence-corrected chi connectivity index (χ3v) is 5.90. The first-order valence-electron chi connectivity index (χ1n) is 8.64. The van der Waals surface area contributed by atoms with Crippen LogP contribution in [0.3, 0.4) is 0 Å². The first-order valence-corrected chi connectivity index (χ1v) is 10.1. The Bertz CT molecular complexity index is 905. The van der Waals surface area contributed by atoms with Crippen LogP contribution in [0.4, 0.5) is 5.69 Å². The van der Waals surface area contributed by atoms with Gasteiger partial charge in [-0.25, -0.2) is 8.42 Å². The maximum atomic E-state index is 12.7. The smallest absolute Gasteiger partial charge is 0.261 e. The SMILES string of the molecule is COc1ccc(NS(=O)(=O)c2cccc(C(=O)N3CCN(C)CC3)c2)cc1. The van der Waals surface area contributed by atoms with Crippen molar-refractivity contribution in [1.29, 1.82) is 0 Å². The van der Waals surface area contributed by atoms with Gasteiger partial charge in [0, 0.05) is 37.4 Å². The van der Waals surface area contributed by atoms with Crippen molar-refractivity contribution in [2.24, 2.45) is 0 Å². The average Bonchev–Trinajstić information content (AvgIpc) is 2.68. The van der Waals surface area contributed by atoms with E-state index in [0.717, 1.165) is 13.1 Å². The van der Waals surface area contributed by atoms with Gasteiger partial charge in [0.2, 0.25) is 0 Å². The average molecular weight is 389 g/mol. The number of hydrogen-bond donors (Lipinski definition) is 1. The Morgan fingerprint density at radius 2 is 1.70 bits per heavy atom. The predicted octanol–water partition coefficient (Wildman–Crippen LogP) is 1.88. The summed E-state index contributed by atoms with van der Waals surface area (Å²) in [5.41, 5.74) is 0.795. The number of nitrogens with zero attached hydrogens (tertiary/aromatic N) is 2. The zero-order chi connectivity index (χ0) is 19.4. The van der Waals surface area contributed by atoms with Gasteiger partial charge in [-0.3, -0.25) is 9.52 Å². The molecule has 0 bridgehead atoms. The lowest BCUT2D eigenvalue weighted by Gasteiger charge is -2.32. The Morgan fingerprint density at radius 1 is 1.04 bits per heavy atom. The molecule has 1 saturated heterocycles. The molecule has 27 heavy (non-hydrogen) atoms. The molecule has 2 aromatic carbocycles. The van der Waals surface area contributed by atoms with E-state index in [1.54, 1.807) is 48.4 Å². The van der Waals surface area contributed by atoms with Gasteiger partial charge >= 0.3 is 0 Å². The van der Waals surface area contributed by atoms with Crippen molar-refractivity contribution in [2.45, 2.75) is 4.90 Å². The minimum absolute atomic E-state index is 0.0540. The highest BCUT2D eigenvalue weighted by Gasteiger charge is 2.22. The zero-order valence-corrected chi connectivity index (χ0v) is 16.2. The summed E-state index contributed by atoms with van der Waals surface area (Å²) in [6, 6.07) is 12.7. The number of rotatable bonds is 5. The van der Waals surface area contributed by atoms with Crippen molar-refractivity contribution >= 4 is 21.6 Å². The third-order valence-electron chi connectivity index (χ3n) is 4.52. The van der Waals surface area contributed by atoms with E-state index in [4.69, 9.17) is 4.74 Å². The number of ether oxygens (including phenoxy) is 1. The number of likely N-dealkylation sites (N-methyl/N-ethyl adjacent to an activating group) is 1. The molecule has 0 saturated carbocycles. The van der Waals surface area contributed by atoms with E-state index in [-0.39, 0.29) is 10.8 Å². The van der Waals surface area contributed by atoms with Crippen molar-refractivity contribution in [2.75, 3.05) is 45.1 Å². The number of piperazine rings is 1. The Balaban J connectivity index is 1.77. The van der Waals surface area contributed by atoms with Crippen LogP contribution in [0.15, 0.2) is 53.4 Å². The lowest BCUT2D eigenvalue weighted by Crippen LogP contribution is -2.47. The Labute approximate surface area is 159 Å². The molecule has 144 valence electrons. The van der Waals surface area contributed by atoms with Crippen LogP contribution in [0.5, 0.6) is 5.75 Å². The lowest BCUT2D eigenvalue weighted by molar-refractivity contribution is 0.0664. The molecule has 0 aromatic heterocycles. The number of sulfonamides is 1. The standard InChI is InChI=1S/C19H23N3O4S/c1-21-10-12-22(13-11-21)19(23)15-4-3-5-18(14-15)27(24,25)20-16-6-8-17(26-2)9-7-16/h3-9,14,20H,10-13H2,1-2H3. The van der Waals surface area contributed by atoms with Crippen LogP contribution in [0.25, 0.3) is 0 Å². The van der Waals surface area contributed by atoms with Crippen LogP contribution in [0.2, 0.25) is 0 Å². The molecule has 0 aliphatic carbocycles. The summed E-state index contributed by atoms with van der Waals surface area (Å²) in [5, 5.41) is 0. The van der Waals surface area contributed by atoms with Crippen LogP contribution in [-0.4, -0.2) is 64.5 Å². The number of anilines is 1. The van der Waals surface area contributed by atoms with Gasteiger partial charge < -0.3 is 14.5 Å². The Kier molecular flexibility index (Phi) is 5.67. The predicted molar refractivity (Wildman–Crippen MR) is 104 cm³/mol. The normalized spacial score (nSPS) is 15.4. The number of nitrogens with one attached hydrogen (secondary N) is 1. The van der Waals surface area contributed by atoms with E-state index in [1.807, 2.05) is 7.05 Å². The Hall–Kier alpha value is -2.58. The van der Waals surface area contributed by atoms with Gasteiger partial charge in [0.1, 0.15) is 5.75 Å². The number of amides is 1. The van der Waals surface area contributed by atoms with Crippen LogP contribution in [0, 0.1) is 0 Å². The molecule has 0 radical (unpaired) electrons. The van der Waals surface area contributed by atoms with Crippen LogP contribution < -0.4 is 9.46 Å². The number of hydrogen-bond acceptors (Lipinski definition) is 5. The summed E-state index contributed by atoms with van der Waals surface area (Å²) >= 11 is 0. The van der Waals surface area contributed by atoms with E-state index < -0.39 is 10.0 Å². The minimum Gasteiger partial charge on any atom is -0.497 e. The summed E-state index contributed by atoms with van der Waals surface area (Å²) in [6.07, 6.45) is 0. The van der Waals surface area contributed by atoms with Crippen LogP contribution >= 0.6 is 0 Å². The van der Waals surface area contributed by atoms with Crippen molar-refractivity contribution in [3.63, 3.8) is 0 Å². The molecule has 1 heterocycles. The second-order valence-electron chi connectivity index (χ2n) is 6.46. The zero-order valence-electron chi connectivity index (χ0n) is 15.4. The number of carbonyl (C=O) groups is 1. The topological polar surface area (TPSA) is 78.9 Å². The number of carbonyl (C=O) groups excluding carboxylic acids is 1. The van der Waals surface area contributed by atoms with Crippen molar-refractivity contribution in [1.82, 2.24) is 9.80 Å². The van der Waals surface area contributed by atoms with Gasteiger partial charge in [-0.1, -0.05) is 6.07 Å². The van der Waals surface area contributed by atoms with E-state index in [9.17, 15) is 13.2 Å². The quantitative estimate of drug-likeness (QED) is 0.845. The fourth-order valence-electron chi connectivity index (χ4n) is 2.86. The van der Waals surface area contributed by atoms with Crippen molar-refractivity contribution in [3.05, 3.63) is 54.1 Å². The van der Waals surface area contributed by atoms with Crippen molar-refractivity contribution < 1.29 is 17.9 Å². The van der Waals surface area contributed by atoms with Crippen LogP contribution in [-0.2, 0) is 10.0 Å². The van der Waals surface area contributed by atoms with E-state index in [2.05, 4.69) is 9.62 Å². The van der Waals surface area contributed by atoms with Gasteiger partial charge in [0.15, 0.2) is 0 Å². The minimum atomic E-state index is -3.80. The van der Waals surface area contributed by atoms with Gasteiger partial charge in [0.25, 0.3) is 15.9 Å². The molecular formula is C19H23N3O4S. The molecule has 1 aliphatic heterocycles. The molecule has 0 atom stereocenters. The highest BCUT2D eigenvalue weighted by Crippen LogP contribution is 2.20. The van der Waals surface area contributed by atoms with E-state index in [1.165, 1.54) is 12.1 Å². The van der Waals surface area contributed by atoms with Crippen LogP contribution in [0.1, 0.15) is 10.4 Å². The summed E-state index contributed by atoms with van der Waals surface area (Å²) in [5.74, 6) is 0.488. The highest BCUT2D eigenvalue weighted by molar-refractivity contribution is 7.92. The monoisotopic (exact) mass is 389 g/mol. The van der Waals surface area contributed by atoms with E-state index in [0.29, 0.717) is 30.1 Å². The number of benzene rings is 2. The molecule has 0 unspecified atom stereocenters. The molecule has 1 fully saturated rings. The molecule has 2 aromatic rings. The summed E-state index contributed by atoms with van der Waals surface area (Å²) in [6.45, 7) is 2.89. The summed E-state index contributed by atoms with van der Waals surface area (Å²) in [4.78, 5) is 16.7. The van der Waals surface area contributed by atoms with Gasteiger partial charge in [-0.15, -0.1) is 0 Å². The Morgan fingerprint density at radius 3 is 2.33 bits per heavy atom. The molecule has 0 spiro atoms. The van der Waals surface area contributed by atoms with Gasteiger partial charge in [0.05, 0.1) is 12.0 Å². The molecule has 1 amide bonds. The molecular weight excluding hydrogens is 366 g/mol.